The quantitative estimate of drug-likeness (QED) is 0.387. The van der Waals surface area contributed by atoms with Gasteiger partial charge in [-0.3, -0.25) is 14.8 Å². The van der Waals surface area contributed by atoms with Crippen molar-refractivity contribution in [1.29, 1.82) is 0 Å². The maximum Gasteiger partial charge on any atom is 0.251 e. The molecular formula is C27H25N5O2. The van der Waals surface area contributed by atoms with Gasteiger partial charge in [-0.15, -0.1) is 0 Å². The average molecular weight is 452 g/mol. The van der Waals surface area contributed by atoms with Gasteiger partial charge in [-0.1, -0.05) is 30.3 Å². The molecule has 0 aliphatic rings. The summed E-state index contributed by atoms with van der Waals surface area (Å²) in [5.74, 6) is 1.39. The van der Waals surface area contributed by atoms with E-state index < -0.39 is 0 Å². The summed E-state index contributed by atoms with van der Waals surface area (Å²) in [5, 5.41) is 3.10. The van der Waals surface area contributed by atoms with Crippen LogP contribution in [0.15, 0.2) is 79.1 Å². The van der Waals surface area contributed by atoms with Crippen LogP contribution in [0, 0.1) is 0 Å². The maximum absolute atomic E-state index is 13.1. The van der Waals surface area contributed by atoms with Crippen molar-refractivity contribution in [2.75, 3.05) is 7.11 Å². The number of rotatable bonds is 7. The Morgan fingerprint density at radius 3 is 2.53 bits per heavy atom. The first-order valence-electron chi connectivity index (χ1n) is 11.2. The number of aromatic nitrogens is 4. The van der Waals surface area contributed by atoms with Crippen LogP contribution in [0.1, 0.15) is 34.7 Å². The van der Waals surface area contributed by atoms with Crippen LogP contribution in [-0.2, 0) is 13.0 Å². The van der Waals surface area contributed by atoms with Crippen molar-refractivity contribution < 1.29 is 9.53 Å². The topological polar surface area (TPSA) is 81.9 Å². The number of carbonyl (C=O) groups is 1. The number of carbonyl (C=O) groups excluding carboxylic acids is 1. The molecule has 5 aromatic rings. The van der Waals surface area contributed by atoms with Gasteiger partial charge in [0.2, 0.25) is 0 Å². The number of hydrogen-bond acceptors (Lipinski definition) is 5. The molecule has 7 heteroatoms. The Bertz CT molecular complexity index is 1460. The Balaban J connectivity index is 1.45. The summed E-state index contributed by atoms with van der Waals surface area (Å²) in [6.07, 6.45) is 4.11. The van der Waals surface area contributed by atoms with Crippen molar-refractivity contribution >= 4 is 28.0 Å². The normalized spacial score (nSPS) is 12.1. The van der Waals surface area contributed by atoms with Gasteiger partial charge in [-0.25, -0.2) is 4.98 Å². The second kappa shape index (κ2) is 9.31. The fourth-order valence-corrected chi connectivity index (χ4v) is 4.15. The molecule has 0 saturated heterocycles. The largest absolute Gasteiger partial charge is 0.497 e. The lowest BCUT2D eigenvalue weighted by molar-refractivity contribution is 0.0937. The molecule has 0 aliphatic heterocycles. The van der Waals surface area contributed by atoms with Gasteiger partial charge in [0.15, 0.2) is 0 Å². The second-order valence-electron chi connectivity index (χ2n) is 8.17. The molecule has 2 aromatic heterocycles. The first kappa shape index (κ1) is 21.6. The minimum atomic E-state index is -0.306. The van der Waals surface area contributed by atoms with E-state index in [1.165, 1.54) is 5.56 Å². The molecule has 0 spiro atoms. The zero-order valence-electron chi connectivity index (χ0n) is 19.1. The first-order chi connectivity index (χ1) is 16.6. The highest BCUT2D eigenvalue weighted by atomic mass is 16.5. The van der Waals surface area contributed by atoms with Crippen LogP contribution in [0.25, 0.3) is 22.1 Å². The predicted molar refractivity (Wildman–Crippen MR) is 132 cm³/mol. The standard InChI is InChI=1S/C27H25N5O2/c1-18(30-27(33)20-8-10-22-24(16-20)29-14-13-28-22)26-31-23-11-9-21(34-2)17-25(23)32(26)15-12-19-6-4-3-5-7-19/h3-11,13-14,16-18H,12,15H2,1-2H3,(H,30,33). The molecule has 2 heterocycles. The van der Waals surface area contributed by atoms with Gasteiger partial charge in [-0.05, 0) is 49.2 Å². The molecule has 5 rings (SSSR count). The lowest BCUT2D eigenvalue weighted by Crippen LogP contribution is -2.29. The number of methoxy groups -OCH3 is 1. The van der Waals surface area contributed by atoms with Gasteiger partial charge < -0.3 is 14.6 Å². The summed E-state index contributed by atoms with van der Waals surface area (Å²) < 4.78 is 7.61. The highest BCUT2D eigenvalue weighted by molar-refractivity contribution is 5.97. The van der Waals surface area contributed by atoms with E-state index in [0.29, 0.717) is 11.1 Å². The Morgan fingerprint density at radius 1 is 0.971 bits per heavy atom. The molecule has 1 amide bonds. The van der Waals surface area contributed by atoms with Gasteiger partial charge in [0.1, 0.15) is 11.6 Å². The molecule has 0 fully saturated rings. The SMILES string of the molecule is COc1ccc2nc(C(C)NC(=O)c3ccc4nccnc4c3)n(CCc3ccccc3)c2c1. The number of hydrogen-bond donors (Lipinski definition) is 1. The Morgan fingerprint density at radius 2 is 1.74 bits per heavy atom. The molecule has 1 N–H and O–H groups in total. The number of amides is 1. The van der Waals surface area contributed by atoms with Crippen LogP contribution in [0.4, 0.5) is 0 Å². The van der Waals surface area contributed by atoms with Gasteiger partial charge in [0, 0.05) is 30.6 Å². The second-order valence-corrected chi connectivity index (χ2v) is 8.17. The van der Waals surface area contributed by atoms with Crippen molar-refractivity contribution in [2.45, 2.75) is 25.9 Å². The van der Waals surface area contributed by atoms with E-state index in [-0.39, 0.29) is 11.9 Å². The van der Waals surface area contributed by atoms with Crippen LogP contribution in [0.3, 0.4) is 0 Å². The van der Waals surface area contributed by atoms with Gasteiger partial charge >= 0.3 is 0 Å². The van der Waals surface area contributed by atoms with E-state index in [1.807, 2.05) is 49.4 Å². The van der Waals surface area contributed by atoms with Gasteiger partial charge in [-0.2, -0.15) is 0 Å². The van der Waals surface area contributed by atoms with E-state index in [2.05, 4.69) is 32.0 Å². The fourth-order valence-electron chi connectivity index (χ4n) is 4.15. The molecule has 0 bridgehead atoms. The third-order valence-corrected chi connectivity index (χ3v) is 5.92. The van der Waals surface area contributed by atoms with Crippen LogP contribution < -0.4 is 10.1 Å². The van der Waals surface area contributed by atoms with Crippen molar-refractivity contribution in [3.8, 4) is 5.75 Å². The molecule has 1 atom stereocenters. The molecule has 0 aliphatic carbocycles. The van der Waals surface area contributed by atoms with Crippen LogP contribution >= 0.6 is 0 Å². The molecule has 0 saturated carbocycles. The number of aryl methyl sites for hydroxylation is 2. The Labute approximate surface area is 197 Å². The summed E-state index contributed by atoms with van der Waals surface area (Å²) in [5.41, 5.74) is 5.06. The van der Waals surface area contributed by atoms with E-state index in [9.17, 15) is 4.79 Å². The number of fused-ring (bicyclic) bond motifs is 2. The minimum Gasteiger partial charge on any atom is -0.497 e. The van der Waals surface area contributed by atoms with Crippen molar-refractivity contribution in [3.05, 3.63) is 96.1 Å². The molecule has 34 heavy (non-hydrogen) atoms. The molecule has 7 nitrogen and oxygen atoms in total. The highest BCUT2D eigenvalue weighted by Crippen LogP contribution is 2.26. The van der Waals surface area contributed by atoms with E-state index in [0.717, 1.165) is 41.1 Å². The van der Waals surface area contributed by atoms with Gasteiger partial charge in [0.25, 0.3) is 5.91 Å². The average Bonchev–Trinajstić information content (AvgIpc) is 3.25. The number of nitrogens with zero attached hydrogens (tertiary/aromatic N) is 4. The van der Waals surface area contributed by atoms with Crippen LogP contribution in [0.5, 0.6) is 5.75 Å². The number of nitrogens with one attached hydrogen (secondary N) is 1. The Hall–Kier alpha value is -4.26. The monoisotopic (exact) mass is 451 g/mol. The molecule has 3 aromatic carbocycles. The summed E-state index contributed by atoms with van der Waals surface area (Å²) in [6, 6.07) is 21.2. The third-order valence-electron chi connectivity index (χ3n) is 5.92. The van der Waals surface area contributed by atoms with Gasteiger partial charge in [0.05, 0.1) is 35.2 Å². The van der Waals surface area contributed by atoms with E-state index >= 15 is 0 Å². The smallest absolute Gasteiger partial charge is 0.251 e. The number of ether oxygens (including phenoxy) is 1. The molecular weight excluding hydrogens is 426 g/mol. The lowest BCUT2D eigenvalue weighted by atomic mass is 10.1. The summed E-state index contributed by atoms with van der Waals surface area (Å²) in [6.45, 7) is 2.69. The number of imidazole rings is 1. The van der Waals surface area contributed by atoms with Crippen molar-refractivity contribution in [3.63, 3.8) is 0 Å². The zero-order valence-corrected chi connectivity index (χ0v) is 19.1. The van der Waals surface area contributed by atoms with Crippen LogP contribution in [-0.4, -0.2) is 32.5 Å². The van der Waals surface area contributed by atoms with E-state index in [4.69, 9.17) is 9.72 Å². The van der Waals surface area contributed by atoms with Crippen molar-refractivity contribution in [1.82, 2.24) is 24.8 Å². The first-order valence-corrected chi connectivity index (χ1v) is 11.2. The van der Waals surface area contributed by atoms with Crippen LogP contribution in [0.2, 0.25) is 0 Å². The van der Waals surface area contributed by atoms with E-state index in [1.54, 1.807) is 31.6 Å². The molecule has 0 radical (unpaired) electrons. The lowest BCUT2D eigenvalue weighted by Gasteiger charge is -2.17. The minimum absolute atomic E-state index is 0.181. The fraction of sp³-hybridized carbons (Fsp3) is 0.185. The molecule has 170 valence electrons. The van der Waals surface area contributed by atoms with Crippen molar-refractivity contribution in [2.24, 2.45) is 0 Å². The predicted octanol–water partition coefficient (Wildman–Crippen LogP) is 4.72. The highest BCUT2D eigenvalue weighted by Gasteiger charge is 2.20. The Kier molecular flexibility index (Phi) is 5.91. The molecule has 1 unspecified atom stereocenters. The zero-order chi connectivity index (χ0) is 23.5. The summed E-state index contributed by atoms with van der Waals surface area (Å²) >= 11 is 0. The third kappa shape index (κ3) is 4.32. The number of benzene rings is 3. The maximum atomic E-state index is 13.1. The summed E-state index contributed by atoms with van der Waals surface area (Å²) in [7, 11) is 1.66. The summed E-state index contributed by atoms with van der Waals surface area (Å²) in [4.78, 5) is 26.5.